The van der Waals surface area contributed by atoms with Crippen LogP contribution in [0.4, 0.5) is 22.0 Å². The zero-order valence-electron chi connectivity index (χ0n) is 17.3. The molecule has 0 bridgehead atoms. The molecule has 0 aliphatic heterocycles. The van der Waals surface area contributed by atoms with Crippen LogP contribution in [0.3, 0.4) is 0 Å². The summed E-state index contributed by atoms with van der Waals surface area (Å²) in [5.74, 6) is -1.90. The van der Waals surface area contributed by atoms with Crippen molar-refractivity contribution in [1.82, 2.24) is 0 Å². The van der Waals surface area contributed by atoms with Gasteiger partial charge in [0.05, 0.1) is 5.56 Å². The number of rotatable bonds is 6. The molecule has 5 heteroatoms. The second kappa shape index (κ2) is 8.45. The lowest BCUT2D eigenvalue weighted by molar-refractivity contribution is -0.139. The largest absolute Gasteiger partial charge is 0.419 e. The molecule has 0 saturated heterocycles. The lowest BCUT2D eigenvalue weighted by atomic mass is 9.97. The fourth-order valence-electron chi connectivity index (χ4n) is 4.34. The average Bonchev–Trinajstić information content (AvgIpc) is 3.09. The molecule has 1 aliphatic rings. The van der Waals surface area contributed by atoms with E-state index in [1.807, 2.05) is 6.07 Å². The Labute approximate surface area is 178 Å². The van der Waals surface area contributed by atoms with Gasteiger partial charge in [0.25, 0.3) is 0 Å². The van der Waals surface area contributed by atoms with Crippen LogP contribution in [0.1, 0.15) is 54.9 Å². The van der Waals surface area contributed by atoms with Crippen molar-refractivity contribution < 1.29 is 22.0 Å². The van der Waals surface area contributed by atoms with Gasteiger partial charge in [0.1, 0.15) is 11.6 Å². The predicted molar refractivity (Wildman–Crippen MR) is 113 cm³/mol. The second-order valence-electron chi connectivity index (χ2n) is 8.12. The monoisotopic (exact) mass is 430 g/mol. The van der Waals surface area contributed by atoms with Crippen molar-refractivity contribution in [2.24, 2.45) is 0 Å². The van der Waals surface area contributed by atoms with E-state index in [4.69, 9.17) is 0 Å². The van der Waals surface area contributed by atoms with Crippen molar-refractivity contribution in [1.29, 1.82) is 0 Å². The lowest BCUT2D eigenvalue weighted by Gasteiger charge is -2.12. The summed E-state index contributed by atoms with van der Waals surface area (Å²) in [5, 5.41) is 0. The summed E-state index contributed by atoms with van der Waals surface area (Å²) in [6.07, 6.45) is 1.35. The smallest absolute Gasteiger partial charge is 0.206 e. The van der Waals surface area contributed by atoms with Gasteiger partial charge in [0, 0.05) is 17.5 Å². The molecule has 3 aromatic rings. The number of hydrogen-bond donors (Lipinski definition) is 0. The molecule has 0 atom stereocenters. The van der Waals surface area contributed by atoms with Gasteiger partial charge in [-0.1, -0.05) is 62.6 Å². The topological polar surface area (TPSA) is 0 Å². The molecular formula is C26H23F5. The number of hydrogen-bond acceptors (Lipinski definition) is 0. The van der Waals surface area contributed by atoms with Crippen LogP contribution in [-0.4, -0.2) is 0 Å². The number of fused-ring (bicyclic) bond motifs is 3. The molecule has 162 valence electrons. The van der Waals surface area contributed by atoms with E-state index in [1.165, 1.54) is 30.9 Å². The molecule has 0 radical (unpaired) electrons. The third kappa shape index (κ3) is 4.23. The summed E-state index contributed by atoms with van der Waals surface area (Å²) < 4.78 is 67.8. The molecule has 0 heterocycles. The van der Waals surface area contributed by atoms with Gasteiger partial charge < -0.3 is 0 Å². The fraction of sp³-hybridized carbons (Fsp3) is 0.308. The predicted octanol–water partition coefficient (Wildman–Crippen LogP) is 8.34. The molecule has 0 fully saturated rings. The van der Waals surface area contributed by atoms with E-state index in [-0.39, 0.29) is 11.1 Å². The number of benzene rings is 3. The number of halogens is 5. The molecule has 3 aromatic carbocycles. The van der Waals surface area contributed by atoms with Crippen molar-refractivity contribution in [2.75, 3.05) is 0 Å². The molecule has 0 unspecified atom stereocenters. The quantitative estimate of drug-likeness (QED) is 0.213. The SMILES string of the molecule is CCCCCCc1ccc2c(c1)Cc1c-2ccc(-c2ccc(C(F)(F)F)c(F)c2)c1F. The molecule has 0 N–H and O–H groups in total. The van der Waals surface area contributed by atoms with E-state index in [0.29, 0.717) is 18.1 Å². The van der Waals surface area contributed by atoms with Gasteiger partial charge in [-0.3, -0.25) is 0 Å². The van der Waals surface area contributed by atoms with E-state index in [0.717, 1.165) is 41.7 Å². The first-order chi connectivity index (χ1) is 14.8. The van der Waals surface area contributed by atoms with Crippen LogP contribution in [0.2, 0.25) is 0 Å². The van der Waals surface area contributed by atoms with Crippen molar-refractivity contribution in [3.8, 4) is 22.3 Å². The fourth-order valence-corrected chi connectivity index (χ4v) is 4.34. The lowest BCUT2D eigenvalue weighted by Crippen LogP contribution is -2.08. The first-order valence-electron chi connectivity index (χ1n) is 10.6. The Morgan fingerprint density at radius 1 is 0.806 bits per heavy atom. The molecule has 31 heavy (non-hydrogen) atoms. The number of aryl methyl sites for hydroxylation is 1. The standard InChI is InChI=1S/C26H23F5/c1-2-3-4-5-6-16-7-9-19-18(13-16)14-22-21(19)11-10-20(25(22)28)17-8-12-23(24(27)15-17)26(29,30)31/h7-13,15H,2-6,14H2,1H3. The maximum Gasteiger partial charge on any atom is 0.419 e. The van der Waals surface area contributed by atoms with Crippen molar-refractivity contribution in [3.63, 3.8) is 0 Å². The molecule has 0 aromatic heterocycles. The van der Waals surface area contributed by atoms with Crippen LogP contribution in [0.25, 0.3) is 22.3 Å². The van der Waals surface area contributed by atoms with Gasteiger partial charge in [-0.15, -0.1) is 0 Å². The van der Waals surface area contributed by atoms with Crippen LogP contribution < -0.4 is 0 Å². The molecule has 1 aliphatic carbocycles. The highest BCUT2D eigenvalue weighted by atomic mass is 19.4. The van der Waals surface area contributed by atoms with Crippen LogP contribution in [-0.2, 0) is 19.0 Å². The van der Waals surface area contributed by atoms with Gasteiger partial charge in [-0.05, 0) is 52.8 Å². The summed E-state index contributed by atoms with van der Waals surface area (Å²) in [7, 11) is 0. The van der Waals surface area contributed by atoms with Crippen LogP contribution in [0.5, 0.6) is 0 Å². The van der Waals surface area contributed by atoms with Crippen molar-refractivity contribution >= 4 is 0 Å². The van der Waals surface area contributed by atoms with Gasteiger partial charge in [-0.25, -0.2) is 8.78 Å². The highest BCUT2D eigenvalue weighted by Crippen LogP contribution is 2.42. The van der Waals surface area contributed by atoms with Crippen molar-refractivity contribution in [3.05, 3.63) is 82.4 Å². The summed E-state index contributed by atoms with van der Waals surface area (Å²) in [6.45, 7) is 2.18. The van der Waals surface area contributed by atoms with E-state index in [2.05, 4.69) is 19.1 Å². The van der Waals surface area contributed by atoms with E-state index < -0.39 is 23.4 Å². The Morgan fingerprint density at radius 3 is 2.26 bits per heavy atom. The van der Waals surface area contributed by atoms with E-state index in [9.17, 15) is 17.6 Å². The van der Waals surface area contributed by atoms with Gasteiger partial charge in [0.2, 0.25) is 0 Å². The van der Waals surface area contributed by atoms with Crippen LogP contribution in [0, 0.1) is 11.6 Å². The zero-order chi connectivity index (χ0) is 22.2. The summed E-state index contributed by atoms with van der Waals surface area (Å²) >= 11 is 0. The first kappa shape index (κ1) is 21.5. The summed E-state index contributed by atoms with van der Waals surface area (Å²) in [4.78, 5) is 0. The Morgan fingerprint density at radius 2 is 1.55 bits per heavy atom. The number of alkyl halides is 3. The maximum absolute atomic E-state index is 15.3. The van der Waals surface area contributed by atoms with Gasteiger partial charge in [-0.2, -0.15) is 13.2 Å². The van der Waals surface area contributed by atoms with E-state index in [1.54, 1.807) is 6.07 Å². The zero-order valence-corrected chi connectivity index (χ0v) is 17.3. The number of unbranched alkanes of at least 4 members (excludes halogenated alkanes) is 3. The minimum Gasteiger partial charge on any atom is -0.206 e. The Bertz CT molecular complexity index is 1110. The molecule has 4 rings (SSSR count). The molecule has 0 saturated carbocycles. The normalized spacial score (nSPS) is 12.7. The minimum absolute atomic E-state index is 0.0957. The van der Waals surface area contributed by atoms with Crippen LogP contribution in [0.15, 0.2) is 48.5 Å². The third-order valence-electron chi connectivity index (χ3n) is 5.97. The molecule has 0 spiro atoms. The Balaban J connectivity index is 1.62. The molecule has 0 nitrogen and oxygen atoms in total. The third-order valence-corrected chi connectivity index (χ3v) is 5.97. The average molecular weight is 430 g/mol. The summed E-state index contributed by atoms with van der Waals surface area (Å²) in [6, 6.07) is 12.1. The van der Waals surface area contributed by atoms with Crippen molar-refractivity contribution in [2.45, 2.75) is 51.6 Å². The highest BCUT2D eigenvalue weighted by Gasteiger charge is 2.34. The first-order valence-corrected chi connectivity index (χ1v) is 10.6. The minimum atomic E-state index is -4.78. The highest BCUT2D eigenvalue weighted by molar-refractivity contribution is 5.81. The summed E-state index contributed by atoms with van der Waals surface area (Å²) in [5.41, 5.74) is 3.42. The molecular weight excluding hydrogens is 407 g/mol. The van der Waals surface area contributed by atoms with Gasteiger partial charge >= 0.3 is 6.18 Å². The second-order valence-corrected chi connectivity index (χ2v) is 8.12. The van der Waals surface area contributed by atoms with Gasteiger partial charge in [0.15, 0.2) is 0 Å². The maximum atomic E-state index is 15.3. The Kier molecular flexibility index (Phi) is 5.87. The molecule has 0 amide bonds. The van der Waals surface area contributed by atoms with Crippen LogP contribution >= 0.6 is 0 Å². The Hall–Kier alpha value is -2.69. The van der Waals surface area contributed by atoms with E-state index >= 15 is 4.39 Å².